The number of hydrogen-bond acceptors (Lipinski definition) is 4. The van der Waals surface area contributed by atoms with Crippen LogP contribution in [-0.4, -0.2) is 9.97 Å². The SMILES string of the molecule is c1ccc(-c2cc(-c3cc(-c4ccc5ccccc5c4)cc(-c4cccc5c4sc4ccccc45)c3)nc(-c3ccc4sc5ccccc5c4c3)n2)cc1. The molecule has 0 unspecified atom stereocenters. The number of rotatable bonds is 5. The summed E-state index contributed by atoms with van der Waals surface area (Å²) in [4.78, 5) is 10.6. The predicted molar refractivity (Wildman–Crippen MR) is 232 cm³/mol. The lowest BCUT2D eigenvalue weighted by Gasteiger charge is -2.14. The van der Waals surface area contributed by atoms with Gasteiger partial charge in [-0.15, -0.1) is 22.7 Å². The highest BCUT2D eigenvalue weighted by Crippen LogP contribution is 2.43. The summed E-state index contributed by atoms with van der Waals surface area (Å²) < 4.78 is 5.15. The van der Waals surface area contributed by atoms with Crippen LogP contribution in [0.15, 0.2) is 182 Å². The van der Waals surface area contributed by atoms with Gasteiger partial charge in [-0.3, -0.25) is 0 Å². The lowest BCUT2D eigenvalue weighted by molar-refractivity contribution is 1.18. The van der Waals surface area contributed by atoms with Crippen LogP contribution in [0.4, 0.5) is 0 Å². The zero-order chi connectivity index (χ0) is 35.6. The lowest BCUT2D eigenvalue weighted by atomic mass is 9.93. The third kappa shape index (κ3) is 5.30. The summed E-state index contributed by atoms with van der Waals surface area (Å²) in [6.07, 6.45) is 0. The summed E-state index contributed by atoms with van der Waals surface area (Å²) in [6, 6.07) is 65.7. The van der Waals surface area contributed by atoms with Crippen molar-refractivity contribution in [3.05, 3.63) is 182 Å². The van der Waals surface area contributed by atoms with Gasteiger partial charge in [0.15, 0.2) is 5.82 Å². The standard InChI is InChI=1S/C50H30N2S2/c1-2-12-32(13-3-1)44-30-45(52-50(51-44)35-23-24-48-43(29-35)41-16-7-8-19-46(41)53-48)38-27-36(34-22-21-31-11-4-5-14-33(31)25-34)26-37(28-38)39-17-10-18-42-40-15-6-9-20-47(40)54-49(39)42/h1-30H. The van der Waals surface area contributed by atoms with Crippen LogP contribution in [0, 0.1) is 0 Å². The van der Waals surface area contributed by atoms with Crippen molar-refractivity contribution in [2.75, 3.05) is 0 Å². The van der Waals surface area contributed by atoms with Crippen molar-refractivity contribution < 1.29 is 0 Å². The van der Waals surface area contributed by atoms with Crippen molar-refractivity contribution in [3.63, 3.8) is 0 Å². The maximum Gasteiger partial charge on any atom is 0.160 e. The Morgan fingerprint density at radius 2 is 0.944 bits per heavy atom. The van der Waals surface area contributed by atoms with Crippen molar-refractivity contribution in [3.8, 4) is 56.2 Å². The molecule has 0 spiro atoms. The van der Waals surface area contributed by atoms with E-state index in [1.54, 1.807) is 0 Å². The van der Waals surface area contributed by atoms with E-state index in [0.717, 1.165) is 33.6 Å². The van der Waals surface area contributed by atoms with Gasteiger partial charge in [-0.2, -0.15) is 0 Å². The van der Waals surface area contributed by atoms with Crippen molar-refractivity contribution >= 4 is 73.8 Å². The quantitative estimate of drug-likeness (QED) is 0.177. The number of nitrogens with zero attached hydrogens (tertiary/aromatic N) is 2. The van der Waals surface area contributed by atoms with Gasteiger partial charge in [0.05, 0.1) is 11.4 Å². The zero-order valence-electron chi connectivity index (χ0n) is 29.0. The molecule has 0 radical (unpaired) electrons. The van der Waals surface area contributed by atoms with Gasteiger partial charge in [-0.05, 0) is 93.7 Å². The molecule has 0 amide bonds. The Labute approximate surface area is 320 Å². The second-order valence-corrected chi connectivity index (χ2v) is 15.9. The molecule has 3 heterocycles. The summed E-state index contributed by atoms with van der Waals surface area (Å²) in [5, 5.41) is 7.55. The third-order valence-corrected chi connectivity index (χ3v) is 12.8. The summed E-state index contributed by atoms with van der Waals surface area (Å²) >= 11 is 3.69. The third-order valence-electron chi connectivity index (χ3n) is 10.5. The molecule has 11 aromatic rings. The second kappa shape index (κ2) is 12.6. The molecule has 0 bridgehead atoms. The zero-order valence-corrected chi connectivity index (χ0v) is 30.7. The molecule has 3 aromatic heterocycles. The Hall–Kier alpha value is -6.46. The molecule has 0 fully saturated rings. The number of aromatic nitrogens is 2. The van der Waals surface area contributed by atoms with Crippen LogP contribution in [0.25, 0.3) is 107 Å². The summed E-state index contributed by atoms with van der Waals surface area (Å²) in [6.45, 7) is 0. The van der Waals surface area contributed by atoms with Crippen LogP contribution in [0.2, 0.25) is 0 Å². The molecule has 11 rings (SSSR count). The van der Waals surface area contributed by atoms with Gasteiger partial charge in [0.1, 0.15) is 0 Å². The van der Waals surface area contributed by atoms with Gasteiger partial charge in [0, 0.05) is 57.0 Å². The fourth-order valence-corrected chi connectivity index (χ4v) is 10.1. The Balaban J connectivity index is 1.16. The molecular weight excluding hydrogens is 693 g/mol. The second-order valence-electron chi connectivity index (χ2n) is 13.8. The van der Waals surface area contributed by atoms with Crippen molar-refractivity contribution in [2.24, 2.45) is 0 Å². The summed E-state index contributed by atoms with van der Waals surface area (Å²) in [7, 11) is 0. The Kier molecular flexibility index (Phi) is 7.25. The fourth-order valence-electron chi connectivity index (χ4n) is 7.79. The minimum Gasteiger partial charge on any atom is -0.228 e. The highest BCUT2D eigenvalue weighted by atomic mass is 32.1. The largest absolute Gasteiger partial charge is 0.228 e. The Morgan fingerprint density at radius 3 is 1.80 bits per heavy atom. The van der Waals surface area contributed by atoms with Crippen molar-refractivity contribution in [2.45, 2.75) is 0 Å². The van der Waals surface area contributed by atoms with Gasteiger partial charge >= 0.3 is 0 Å². The first-order chi connectivity index (χ1) is 26.7. The number of fused-ring (bicyclic) bond motifs is 7. The van der Waals surface area contributed by atoms with E-state index in [4.69, 9.17) is 9.97 Å². The monoisotopic (exact) mass is 722 g/mol. The highest BCUT2D eigenvalue weighted by Gasteiger charge is 2.17. The van der Waals surface area contributed by atoms with E-state index in [-0.39, 0.29) is 0 Å². The maximum atomic E-state index is 5.38. The van der Waals surface area contributed by atoms with E-state index in [9.17, 15) is 0 Å². The molecule has 2 nitrogen and oxygen atoms in total. The van der Waals surface area contributed by atoms with E-state index in [0.29, 0.717) is 5.82 Å². The number of benzene rings is 8. The van der Waals surface area contributed by atoms with E-state index in [2.05, 4.69) is 182 Å². The van der Waals surface area contributed by atoms with E-state index < -0.39 is 0 Å². The van der Waals surface area contributed by atoms with Crippen LogP contribution >= 0.6 is 22.7 Å². The maximum absolute atomic E-state index is 5.38. The molecule has 252 valence electrons. The first kappa shape index (κ1) is 31.1. The normalized spacial score (nSPS) is 11.7. The van der Waals surface area contributed by atoms with Crippen LogP contribution in [0.5, 0.6) is 0 Å². The molecule has 0 saturated heterocycles. The van der Waals surface area contributed by atoms with Crippen LogP contribution < -0.4 is 0 Å². The van der Waals surface area contributed by atoms with Crippen LogP contribution in [-0.2, 0) is 0 Å². The molecule has 0 atom stereocenters. The molecule has 0 aliphatic carbocycles. The molecule has 54 heavy (non-hydrogen) atoms. The van der Waals surface area contributed by atoms with Gasteiger partial charge < -0.3 is 0 Å². The fraction of sp³-hybridized carbons (Fsp3) is 0. The van der Waals surface area contributed by atoms with Gasteiger partial charge in [-0.1, -0.05) is 121 Å². The first-order valence-electron chi connectivity index (χ1n) is 18.1. The summed E-state index contributed by atoms with van der Waals surface area (Å²) in [5.41, 5.74) is 9.63. The minimum atomic E-state index is 0.716. The summed E-state index contributed by atoms with van der Waals surface area (Å²) in [5.74, 6) is 0.716. The van der Waals surface area contributed by atoms with Crippen LogP contribution in [0.1, 0.15) is 0 Å². The van der Waals surface area contributed by atoms with Gasteiger partial charge in [-0.25, -0.2) is 9.97 Å². The minimum absolute atomic E-state index is 0.716. The lowest BCUT2D eigenvalue weighted by Crippen LogP contribution is -1.96. The van der Waals surface area contributed by atoms with Crippen molar-refractivity contribution in [1.82, 2.24) is 9.97 Å². The number of hydrogen-bond donors (Lipinski definition) is 0. The first-order valence-corrected chi connectivity index (χ1v) is 19.8. The van der Waals surface area contributed by atoms with Crippen LogP contribution in [0.3, 0.4) is 0 Å². The topological polar surface area (TPSA) is 25.8 Å². The molecule has 0 N–H and O–H groups in total. The van der Waals surface area contributed by atoms with E-state index >= 15 is 0 Å². The molecule has 8 aromatic carbocycles. The van der Waals surface area contributed by atoms with Crippen molar-refractivity contribution in [1.29, 1.82) is 0 Å². The molecule has 0 aliphatic heterocycles. The highest BCUT2D eigenvalue weighted by molar-refractivity contribution is 7.26. The molecule has 0 saturated carbocycles. The smallest absolute Gasteiger partial charge is 0.160 e. The Bertz CT molecular complexity index is 3230. The predicted octanol–water partition coefficient (Wildman–Crippen LogP) is 14.7. The average Bonchev–Trinajstić information content (AvgIpc) is 3.82. The Morgan fingerprint density at radius 1 is 0.315 bits per heavy atom. The number of thiophene rings is 2. The molecule has 4 heteroatoms. The van der Waals surface area contributed by atoms with E-state index in [1.807, 2.05) is 22.7 Å². The van der Waals surface area contributed by atoms with E-state index in [1.165, 1.54) is 67.8 Å². The van der Waals surface area contributed by atoms with Gasteiger partial charge in [0.25, 0.3) is 0 Å². The molecule has 0 aliphatic rings. The average molecular weight is 723 g/mol. The molecular formula is C50H30N2S2. The van der Waals surface area contributed by atoms with Gasteiger partial charge in [0.2, 0.25) is 0 Å².